The highest BCUT2D eigenvalue weighted by atomic mass is 35.5. The number of halogens is 2. The van der Waals surface area contributed by atoms with Crippen LogP contribution in [-0.4, -0.2) is 12.3 Å². The van der Waals surface area contributed by atoms with E-state index in [-0.39, 0.29) is 24.2 Å². The maximum atomic E-state index is 12.6. The smallest absolute Gasteiger partial charge is 0.225 e. The van der Waals surface area contributed by atoms with Crippen molar-refractivity contribution in [1.82, 2.24) is 5.53 Å². The Hall–Kier alpha value is -1.86. The molecule has 0 spiro atoms. The van der Waals surface area contributed by atoms with E-state index in [1.807, 2.05) is 5.53 Å². The molecule has 0 aliphatic heterocycles. The molecule has 0 aliphatic carbocycles. The first-order valence-corrected chi connectivity index (χ1v) is 4.03. The summed E-state index contributed by atoms with van der Waals surface area (Å²) >= 11 is 0. The first-order chi connectivity index (χ1) is 7.19. The number of guanidine groups is 1. The molecule has 6 nitrogen and oxygen atoms in total. The summed E-state index contributed by atoms with van der Waals surface area (Å²) in [6, 6.07) is 5.46. The lowest BCUT2D eigenvalue weighted by atomic mass is 10.3. The van der Waals surface area contributed by atoms with Crippen LogP contribution in [0.3, 0.4) is 0 Å². The number of nitrogens with two attached hydrogens (primary N) is 2. The van der Waals surface area contributed by atoms with Crippen molar-refractivity contribution in [2.24, 2.45) is 16.7 Å². The molecule has 1 aromatic carbocycles. The highest BCUT2D eigenvalue weighted by molar-refractivity contribution is 6.08. The fourth-order valence-electron chi connectivity index (χ4n) is 0.995. The molecule has 8 heteroatoms. The van der Waals surface area contributed by atoms with Crippen molar-refractivity contribution < 1.29 is 4.39 Å². The SMILES string of the molecule is Cl.N=CN(/C(N)=N/NN)c1ccc(F)cc1. The summed E-state index contributed by atoms with van der Waals surface area (Å²) < 4.78 is 12.6. The van der Waals surface area contributed by atoms with E-state index in [0.29, 0.717) is 5.69 Å². The Balaban J connectivity index is 0.00000225. The van der Waals surface area contributed by atoms with Crippen molar-refractivity contribution in [3.05, 3.63) is 30.1 Å². The van der Waals surface area contributed by atoms with Gasteiger partial charge in [-0.1, -0.05) is 0 Å². The van der Waals surface area contributed by atoms with Gasteiger partial charge in [0, 0.05) is 0 Å². The Morgan fingerprint density at radius 1 is 1.44 bits per heavy atom. The maximum absolute atomic E-state index is 12.6. The molecule has 0 radical (unpaired) electrons. The molecule has 1 rings (SSSR count). The zero-order chi connectivity index (χ0) is 11.3. The van der Waals surface area contributed by atoms with Gasteiger partial charge in [0.15, 0.2) is 0 Å². The molecule has 0 saturated heterocycles. The molecule has 0 amide bonds. The van der Waals surface area contributed by atoms with Crippen LogP contribution in [0.2, 0.25) is 0 Å². The van der Waals surface area contributed by atoms with E-state index in [2.05, 4.69) is 5.10 Å². The van der Waals surface area contributed by atoms with Gasteiger partial charge in [-0.05, 0) is 24.3 Å². The summed E-state index contributed by atoms with van der Waals surface area (Å²) in [5, 5.41) is 10.6. The molecule has 0 atom stereocenters. The monoisotopic (exact) mass is 246 g/mol. The van der Waals surface area contributed by atoms with Gasteiger partial charge in [-0.2, -0.15) is 0 Å². The third-order valence-corrected chi connectivity index (χ3v) is 1.66. The number of benzene rings is 1. The average molecular weight is 247 g/mol. The first kappa shape index (κ1) is 14.1. The third kappa shape index (κ3) is 3.37. The van der Waals surface area contributed by atoms with Crippen LogP contribution >= 0.6 is 12.4 Å². The van der Waals surface area contributed by atoms with E-state index in [1.54, 1.807) is 0 Å². The predicted octanol–water partition coefficient (Wildman–Crippen LogP) is 0.354. The van der Waals surface area contributed by atoms with Crippen LogP contribution in [0, 0.1) is 11.2 Å². The summed E-state index contributed by atoms with van der Waals surface area (Å²) in [6.07, 6.45) is 0.948. The fraction of sp³-hybridized carbons (Fsp3) is 0. The highest BCUT2D eigenvalue weighted by Crippen LogP contribution is 2.12. The van der Waals surface area contributed by atoms with Crippen molar-refractivity contribution >= 4 is 30.4 Å². The van der Waals surface area contributed by atoms with Gasteiger partial charge in [0.2, 0.25) is 5.96 Å². The zero-order valence-corrected chi connectivity index (χ0v) is 9.04. The number of nitrogens with one attached hydrogen (secondary N) is 2. The van der Waals surface area contributed by atoms with Crippen molar-refractivity contribution in [3.8, 4) is 0 Å². The molecule has 1 aromatic rings. The molecule has 0 unspecified atom stereocenters. The van der Waals surface area contributed by atoms with Crippen LogP contribution in [0.4, 0.5) is 10.1 Å². The molecular formula is C8H12ClFN6. The summed E-state index contributed by atoms with van der Waals surface area (Å²) in [5.74, 6) is 4.57. The number of hydrogen-bond acceptors (Lipinski definition) is 4. The van der Waals surface area contributed by atoms with Gasteiger partial charge in [0.05, 0.1) is 12.0 Å². The number of hydrogen-bond donors (Lipinski definition) is 4. The molecule has 0 bridgehead atoms. The molecule has 0 heterocycles. The Kier molecular flexibility index (Phi) is 5.83. The normalized spacial score (nSPS) is 10.2. The lowest BCUT2D eigenvalue weighted by Crippen LogP contribution is -2.38. The zero-order valence-electron chi connectivity index (χ0n) is 8.22. The molecule has 6 N–H and O–H groups in total. The van der Waals surface area contributed by atoms with Crippen molar-refractivity contribution in [1.29, 1.82) is 5.41 Å². The summed E-state index contributed by atoms with van der Waals surface area (Å²) in [6.45, 7) is 0. The number of hydrazine groups is 1. The van der Waals surface area contributed by atoms with E-state index in [9.17, 15) is 4.39 Å². The molecule has 0 aliphatic rings. The Morgan fingerprint density at radius 2 is 2.00 bits per heavy atom. The molecule has 0 fully saturated rings. The van der Waals surface area contributed by atoms with Gasteiger partial charge >= 0.3 is 0 Å². The number of nitrogens with zero attached hydrogens (tertiary/aromatic N) is 2. The number of anilines is 1. The van der Waals surface area contributed by atoms with E-state index in [1.165, 1.54) is 29.2 Å². The largest absolute Gasteiger partial charge is 0.368 e. The summed E-state index contributed by atoms with van der Waals surface area (Å²) in [4.78, 5) is 1.24. The molecule has 0 aromatic heterocycles. The Morgan fingerprint density at radius 3 is 2.44 bits per heavy atom. The average Bonchev–Trinajstić information content (AvgIpc) is 2.22. The van der Waals surface area contributed by atoms with Crippen molar-refractivity contribution in [2.75, 3.05) is 4.90 Å². The standard InChI is InChI=1S/C8H11FN6.ClH/c9-6-1-3-7(4-2-6)15(5-10)8(11)13-14-12;/h1-5,10,14H,12H2,(H2,11,13);1H. The van der Waals surface area contributed by atoms with Crippen LogP contribution in [0.1, 0.15) is 0 Å². The van der Waals surface area contributed by atoms with Gasteiger partial charge in [-0.15, -0.1) is 17.5 Å². The molecule has 16 heavy (non-hydrogen) atoms. The molecule has 88 valence electrons. The Labute approximate surface area is 98.0 Å². The predicted molar refractivity (Wildman–Crippen MR) is 63.9 cm³/mol. The molecule has 0 saturated carbocycles. The van der Waals surface area contributed by atoms with Gasteiger partial charge < -0.3 is 5.73 Å². The highest BCUT2D eigenvalue weighted by Gasteiger charge is 2.07. The number of rotatable bonds is 3. The van der Waals surface area contributed by atoms with Gasteiger partial charge in [0.25, 0.3) is 0 Å². The maximum Gasteiger partial charge on any atom is 0.225 e. The second kappa shape index (κ2) is 6.59. The van der Waals surface area contributed by atoms with Gasteiger partial charge in [0.1, 0.15) is 5.82 Å². The second-order valence-corrected chi connectivity index (χ2v) is 2.57. The fourth-order valence-corrected chi connectivity index (χ4v) is 0.995. The number of hydrazone groups is 1. The lowest BCUT2D eigenvalue weighted by molar-refractivity contribution is 0.628. The summed E-state index contributed by atoms with van der Waals surface area (Å²) in [5.41, 5.74) is 8.02. The van der Waals surface area contributed by atoms with Crippen LogP contribution in [0.15, 0.2) is 29.4 Å². The minimum atomic E-state index is -0.365. The minimum absolute atomic E-state index is 0. The van der Waals surface area contributed by atoms with Gasteiger partial charge in [-0.25, -0.2) is 15.8 Å². The van der Waals surface area contributed by atoms with Crippen LogP contribution < -0.4 is 22.0 Å². The van der Waals surface area contributed by atoms with E-state index in [4.69, 9.17) is 17.0 Å². The van der Waals surface area contributed by atoms with E-state index < -0.39 is 0 Å². The second-order valence-electron chi connectivity index (χ2n) is 2.57. The quantitative estimate of drug-likeness (QED) is 0.267. The van der Waals surface area contributed by atoms with E-state index >= 15 is 0 Å². The first-order valence-electron chi connectivity index (χ1n) is 4.03. The van der Waals surface area contributed by atoms with E-state index in [0.717, 1.165) is 6.34 Å². The lowest BCUT2D eigenvalue weighted by Gasteiger charge is -2.17. The van der Waals surface area contributed by atoms with Crippen LogP contribution in [0.5, 0.6) is 0 Å². The molecular weight excluding hydrogens is 235 g/mol. The third-order valence-electron chi connectivity index (χ3n) is 1.66. The van der Waals surface area contributed by atoms with Crippen LogP contribution in [-0.2, 0) is 0 Å². The van der Waals surface area contributed by atoms with Crippen LogP contribution in [0.25, 0.3) is 0 Å². The Bertz CT molecular complexity index is 365. The summed E-state index contributed by atoms with van der Waals surface area (Å²) in [7, 11) is 0. The van der Waals surface area contributed by atoms with Crippen molar-refractivity contribution in [2.45, 2.75) is 0 Å². The topological polar surface area (TPSA) is 104 Å². The van der Waals surface area contributed by atoms with Gasteiger partial charge in [-0.3, -0.25) is 10.3 Å². The van der Waals surface area contributed by atoms with Crippen molar-refractivity contribution in [3.63, 3.8) is 0 Å². The minimum Gasteiger partial charge on any atom is -0.368 e.